The summed E-state index contributed by atoms with van der Waals surface area (Å²) in [6.07, 6.45) is -4.71. The van der Waals surface area contributed by atoms with E-state index in [9.17, 15) is 20.1 Å². The molecule has 0 amide bonds. The predicted octanol–water partition coefficient (Wildman–Crippen LogP) is 0.749. The lowest BCUT2D eigenvalue weighted by molar-refractivity contribution is -0.294. The summed E-state index contributed by atoms with van der Waals surface area (Å²) in [5.41, 5.74) is 0. The molecule has 1 fully saturated rings. The number of carbonyl (C=O) groups excluding carboxylic acids is 1. The molecule has 2 aromatic carbocycles. The summed E-state index contributed by atoms with van der Waals surface area (Å²) in [5.74, 6) is 0.164. The Hall–Kier alpha value is -2.27. The summed E-state index contributed by atoms with van der Waals surface area (Å²) in [7, 11) is 0. The Kier molecular flexibility index (Phi) is 9.22. The fourth-order valence-corrected chi connectivity index (χ4v) is 3.48. The zero-order chi connectivity index (χ0) is 22.9. The smallest absolute Gasteiger partial charge is 0.332 e. The highest BCUT2D eigenvalue weighted by molar-refractivity contribution is 5.83. The molecule has 0 aliphatic carbocycles. The molecule has 1 heterocycles. The van der Waals surface area contributed by atoms with Crippen LogP contribution in [0.3, 0.4) is 0 Å². The third-order valence-electron chi connectivity index (χ3n) is 5.28. The lowest BCUT2D eigenvalue weighted by atomic mass is 9.99. The van der Waals surface area contributed by atoms with Crippen LogP contribution in [0.2, 0.25) is 0 Å². The number of unbranched alkanes of at least 4 members (excludes halogenated alkanes) is 2. The average Bonchev–Trinajstić information content (AvgIpc) is 2.80. The summed E-state index contributed by atoms with van der Waals surface area (Å²) in [5, 5.41) is 40.9. The van der Waals surface area contributed by atoms with Crippen molar-refractivity contribution in [3.8, 4) is 5.75 Å². The third kappa shape index (κ3) is 6.61. The van der Waals surface area contributed by atoms with Crippen molar-refractivity contribution in [2.24, 2.45) is 0 Å². The first-order valence-corrected chi connectivity index (χ1v) is 10.7. The Morgan fingerprint density at radius 1 is 0.938 bits per heavy atom. The molecule has 5 atom stereocenters. The topological polar surface area (TPSA) is 135 Å². The van der Waals surface area contributed by atoms with Crippen LogP contribution in [-0.2, 0) is 19.0 Å². The Labute approximate surface area is 186 Å². The van der Waals surface area contributed by atoms with Crippen LogP contribution in [0.25, 0.3) is 10.8 Å². The predicted molar refractivity (Wildman–Crippen MR) is 114 cm³/mol. The van der Waals surface area contributed by atoms with E-state index in [1.54, 1.807) is 0 Å². The molecule has 3 rings (SSSR count). The second kappa shape index (κ2) is 12.1. The van der Waals surface area contributed by atoms with Gasteiger partial charge in [0.1, 0.15) is 36.8 Å². The van der Waals surface area contributed by atoms with Gasteiger partial charge in [0.05, 0.1) is 19.8 Å². The van der Waals surface area contributed by atoms with E-state index in [1.165, 1.54) is 0 Å². The fourth-order valence-electron chi connectivity index (χ4n) is 3.48. The second-order valence-electron chi connectivity index (χ2n) is 7.64. The highest BCUT2D eigenvalue weighted by Gasteiger charge is 2.44. The van der Waals surface area contributed by atoms with Gasteiger partial charge < -0.3 is 39.4 Å². The molecule has 9 nitrogen and oxygen atoms in total. The minimum absolute atomic E-state index is 0.207. The Bertz CT molecular complexity index is 858. The summed E-state index contributed by atoms with van der Waals surface area (Å²) < 4.78 is 20.9. The molecule has 1 aliphatic heterocycles. The largest absolute Gasteiger partial charge is 0.494 e. The maximum absolute atomic E-state index is 11.8. The molecule has 0 spiro atoms. The standard InChI is InChI=1S/C23H30O9/c24-13-18-20(26)22(21(27)23(28)32-18)31-14-19(25)30-11-5-1-4-10-29-17-9-8-15-6-2-3-7-16(15)12-17/h2-3,6-9,12,18,20-24,26-28H,1,4-5,10-11,13-14H2/t18-,20-,21-,22+,23?/m1/s1. The number of aliphatic hydroxyl groups excluding tert-OH is 4. The van der Waals surface area contributed by atoms with Gasteiger partial charge in [0, 0.05) is 0 Å². The molecule has 0 saturated carbocycles. The Morgan fingerprint density at radius 2 is 1.69 bits per heavy atom. The van der Waals surface area contributed by atoms with Gasteiger partial charge in [0.15, 0.2) is 6.29 Å². The molecule has 4 N–H and O–H groups in total. The highest BCUT2D eigenvalue weighted by Crippen LogP contribution is 2.22. The first-order valence-electron chi connectivity index (χ1n) is 10.7. The lowest BCUT2D eigenvalue weighted by Crippen LogP contribution is -2.59. The Morgan fingerprint density at radius 3 is 2.47 bits per heavy atom. The quantitative estimate of drug-likeness (QED) is 0.289. The molecular formula is C23H30O9. The van der Waals surface area contributed by atoms with E-state index in [2.05, 4.69) is 6.07 Å². The molecule has 2 aromatic rings. The number of esters is 1. The van der Waals surface area contributed by atoms with Gasteiger partial charge in [0.25, 0.3) is 0 Å². The van der Waals surface area contributed by atoms with E-state index in [1.807, 2.05) is 36.4 Å². The van der Waals surface area contributed by atoms with Gasteiger partial charge in [-0.3, -0.25) is 0 Å². The van der Waals surface area contributed by atoms with E-state index in [0.717, 1.165) is 29.4 Å². The number of carbonyl (C=O) groups is 1. The monoisotopic (exact) mass is 450 g/mol. The maximum atomic E-state index is 11.8. The van der Waals surface area contributed by atoms with Crippen molar-refractivity contribution in [2.45, 2.75) is 50.0 Å². The summed E-state index contributed by atoms with van der Waals surface area (Å²) in [4.78, 5) is 11.8. The van der Waals surface area contributed by atoms with Crippen molar-refractivity contribution >= 4 is 16.7 Å². The highest BCUT2D eigenvalue weighted by atomic mass is 16.6. The zero-order valence-electron chi connectivity index (χ0n) is 17.7. The van der Waals surface area contributed by atoms with Crippen LogP contribution in [0.5, 0.6) is 5.75 Å². The molecule has 1 saturated heterocycles. The van der Waals surface area contributed by atoms with Crippen molar-refractivity contribution in [3.63, 3.8) is 0 Å². The molecule has 32 heavy (non-hydrogen) atoms. The van der Waals surface area contributed by atoms with Crippen LogP contribution >= 0.6 is 0 Å². The lowest BCUT2D eigenvalue weighted by Gasteiger charge is -2.39. The molecule has 176 valence electrons. The first kappa shape index (κ1) is 24.4. The minimum Gasteiger partial charge on any atom is -0.494 e. The van der Waals surface area contributed by atoms with E-state index in [-0.39, 0.29) is 6.61 Å². The van der Waals surface area contributed by atoms with Gasteiger partial charge in [-0.25, -0.2) is 4.79 Å². The van der Waals surface area contributed by atoms with Crippen LogP contribution in [0.4, 0.5) is 0 Å². The molecule has 9 heteroatoms. The van der Waals surface area contributed by atoms with Crippen molar-refractivity contribution in [1.29, 1.82) is 0 Å². The van der Waals surface area contributed by atoms with Gasteiger partial charge in [0.2, 0.25) is 0 Å². The number of ether oxygens (including phenoxy) is 4. The number of hydrogen-bond acceptors (Lipinski definition) is 9. The van der Waals surface area contributed by atoms with E-state index in [0.29, 0.717) is 13.0 Å². The van der Waals surface area contributed by atoms with E-state index in [4.69, 9.17) is 24.1 Å². The second-order valence-corrected chi connectivity index (χ2v) is 7.64. The zero-order valence-corrected chi connectivity index (χ0v) is 17.7. The van der Waals surface area contributed by atoms with Crippen LogP contribution < -0.4 is 4.74 Å². The van der Waals surface area contributed by atoms with Crippen molar-refractivity contribution in [3.05, 3.63) is 42.5 Å². The van der Waals surface area contributed by atoms with Crippen LogP contribution in [0.1, 0.15) is 19.3 Å². The fraction of sp³-hybridized carbons (Fsp3) is 0.522. The number of fused-ring (bicyclic) bond motifs is 1. The Balaban J connectivity index is 1.27. The number of benzene rings is 2. The van der Waals surface area contributed by atoms with Crippen LogP contribution in [-0.4, -0.2) is 83.5 Å². The summed E-state index contributed by atoms with van der Waals surface area (Å²) in [6, 6.07) is 14.0. The minimum atomic E-state index is -1.63. The normalized spacial score (nSPS) is 25.6. The van der Waals surface area contributed by atoms with Gasteiger partial charge in [-0.2, -0.15) is 0 Å². The molecular weight excluding hydrogens is 420 g/mol. The number of hydrogen-bond donors (Lipinski definition) is 4. The third-order valence-corrected chi connectivity index (χ3v) is 5.28. The number of aliphatic hydroxyl groups is 4. The average molecular weight is 450 g/mol. The van der Waals surface area contributed by atoms with Gasteiger partial charge in [-0.1, -0.05) is 30.3 Å². The van der Waals surface area contributed by atoms with Crippen molar-refractivity contribution in [1.82, 2.24) is 0 Å². The molecule has 0 radical (unpaired) electrons. The van der Waals surface area contributed by atoms with Crippen molar-refractivity contribution in [2.75, 3.05) is 26.4 Å². The van der Waals surface area contributed by atoms with Gasteiger partial charge in [-0.05, 0) is 42.2 Å². The van der Waals surface area contributed by atoms with Gasteiger partial charge >= 0.3 is 5.97 Å². The number of rotatable bonds is 11. The molecule has 0 aromatic heterocycles. The SMILES string of the molecule is O=C(CO[C@H]1[C@H](O)[C@@H](CO)OC(O)[C@@H]1O)OCCCCCOc1ccc2ccccc2c1. The van der Waals surface area contributed by atoms with E-state index >= 15 is 0 Å². The first-order chi connectivity index (χ1) is 15.5. The molecule has 1 unspecified atom stereocenters. The van der Waals surface area contributed by atoms with Crippen LogP contribution in [0.15, 0.2) is 42.5 Å². The molecule has 1 aliphatic rings. The van der Waals surface area contributed by atoms with Crippen LogP contribution in [0, 0.1) is 0 Å². The summed E-state index contributed by atoms with van der Waals surface area (Å²) in [6.45, 7) is -0.309. The summed E-state index contributed by atoms with van der Waals surface area (Å²) >= 11 is 0. The van der Waals surface area contributed by atoms with E-state index < -0.39 is 49.9 Å². The van der Waals surface area contributed by atoms with Crippen molar-refractivity contribution < 1.29 is 44.2 Å². The van der Waals surface area contributed by atoms with Gasteiger partial charge in [-0.15, -0.1) is 0 Å². The molecule has 0 bridgehead atoms. The maximum Gasteiger partial charge on any atom is 0.332 e.